The van der Waals surface area contributed by atoms with E-state index in [1.54, 1.807) is 30.1 Å². The van der Waals surface area contributed by atoms with Crippen molar-refractivity contribution in [1.82, 2.24) is 19.4 Å². The molecule has 2 aromatic rings. The lowest BCUT2D eigenvalue weighted by molar-refractivity contribution is -0.135. The Hall–Kier alpha value is -3.58. The molecule has 2 fully saturated rings. The van der Waals surface area contributed by atoms with Crippen molar-refractivity contribution >= 4 is 28.9 Å². The van der Waals surface area contributed by atoms with Gasteiger partial charge in [-0.15, -0.1) is 0 Å². The third-order valence-corrected chi connectivity index (χ3v) is 5.71. The zero-order valence-corrected chi connectivity index (χ0v) is 19.7. The number of hydrogen-bond donors (Lipinski definition) is 1. The Balaban J connectivity index is 1.55. The minimum atomic E-state index is -0.736. The average molecular weight is 469 g/mol. The smallest absolute Gasteiger partial charge is 0.410 e. The summed E-state index contributed by atoms with van der Waals surface area (Å²) in [6, 6.07) is 4.56. The van der Waals surface area contributed by atoms with Crippen LogP contribution in [-0.4, -0.2) is 63.3 Å². The van der Waals surface area contributed by atoms with Gasteiger partial charge in [0.1, 0.15) is 17.7 Å². The maximum atomic E-state index is 12.9. The van der Waals surface area contributed by atoms with Crippen LogP contribution >= 0.6 is 0 Å². The van der Waals surface area contributed by atoms with E-state index >= 15 is 0 Å². The lowest BCUT2D eigenvalue weighted by Gasteiger charge is -2.32. The Morgan fingerprint density at radius 2 is 1.97 bits per heavy atom. The molecule has 0 spiro atoms. The van der Waals surface area contributed by atoms with E-state index < -0.39 is 29.7 Å². The minimum Gasteiger partial charge on any atom is -0.444 e. The van der Waals surface area contributed by atoms with Gasteiger partial charge in [0.2, 0.25) is 11.8 Å². The Morgan fingerprint density at radius 1 is 1.21 bits per heavy atom. The molecular weight excluding hydrogens is 440 g/mol. The SMILES string of the molecule is Cn1c(=O)n(C2CCC(=O)NC2=O)c2ccc(C#C[C@@H]3CN(C(=O)OC(C)(C)C)CCO3)cc21. The standard InChI is InChI=1S/C24H28N4O6/c1-24(2,3)34-23(32)27-11-12-33-16(14-27)7-5-15-6-8-17-19(13-15)26(4)22(31)28(17)18-9-10-20(29)25-21(18)30/h6,8,13,16,18H,9-12,14H2,1-4H3,(H,25,29,30)/t16-,18?/m1/s1. The number of amides is 3. The highest BCUT2D eigenvalue weighted by Crippen LogP contribution is 2.23. The minimum absolute atomic E-state index is 0.185. The summed E-state index contributed by atoms with van der Waals surface area (Å²) in [5.41, 5.74) is 0.977. The number of carbonyl (C=O) groups excluding carboxylic acids is 3. The zero-order valence-electron chi connectivity index (χ0n) is 19.7. The van der Waals surface area contributed by atoms with E-state index in [1.165, 1.54) is 9.13 Å². The number of morpholine rings is 1. The predicted molar refractivity (Wildman–Crippen MR) is 123 cm³/mol. The number of hydrogen-bond acceptors (Lipinski definition) is 6. The van der Waals surface area contributed by atoms with E-state index in [9.17, 15) is 19.2 Å². The molecule has 1 N–H and O–H groups in total. The Bertz CT molecular complexity index is 1270. The Morgan fingerprint density at radius 3 is 2.68 bits per heavy atom. The summed E-state index contributed by atoms with van der Waals surface area (Å²) in [6.45, 7) is 6.56. The van der Waals surface area contributed by atoms with Crippen LogP contribution in [0.5, 0.6) is 0 Å². The number of fused-ring (bicyclic) bond motifs is 1. The summed E-state index contributed by atoms with van der Waals surface area (Å²) in [5, 5.41) is 2.30. The molecule has 3 heterocycles. The van der Waals surface area contributed by atoms with Gasteiger partial charge in [-0.3, -0.25) is 24.0 Å². The number of carbonyl (C=O) groups is 3. The molecule has 0 saturated carbocycles. The van der Waals surface area contributed by atoms with Gasteiger partial charge in [-0.2, -0.15) is 0 Å². The second-order valence-corrected chi connectivity index (χ2v) is 9.44. The van der Waals surface area contributed by atoms with Gasteiger partial charge in [-0.1, -0.05) is 11.8 Å². The molecule has 34 heavy (non-hydrogen) atoms. The normalized spacial score (nSPS) is 21.1. The van der Waals surface area contributed by atoms with Gasteiger partial charge in [0.15, 0.2) is 0 Å². The first-order valence-electron chi connectivity index (χ1n) is 11.2. The molecule has 4 rings (SSSR count). The predicted octanol–water partition coefficient (Wildman–Crippen LogP) is 1.31. The molecular formula is C24H28N4O6. The van der Waals surface area contributed by atoms with Crippen LogP contribution < -0.4 is 11.0 Å². The van der Waals surface area contributed by atoms with Gasteiger partial charge in [-0.25, -0.2) is 9.59 Å². The summed E-state index contributed by atoms with van der Waals surface area (Å²) >= 11 is 0. The number of ether oxygens (including phenoxy) is 2. The average Bonchev–Trinajstić information content (AvgIpc) is 3.01. The van der Waals surface area contributed by atoms with Crippen molar-refractivity contribution in [3.05, 3.63) is 34.2 Å². The molecule has 0 bridgehead atoms. The highest BCUT2D eigenvalue weighted by Gasteiger charge is 2.31. The van der Waals surface area contributed by atoms with Gasteiger partial charge in [0.25, 0.3) is 0 Å². The first kappa shape index (κ1) is 23.6. The van der Waals surface area contributed by atoms with Crippen LogP contribution in [0, 0.1) is 11.8 Å². The number of benzene rings is 1. The van der Waals surface area contributed by atoms with Gasteiger partial charge >= 0.3 is 11.8 Å². The van der Waals surface area contributed by atoms with Crippen LogP contribution in [0.1, 0.15) is 45.2 Å². The maximum Gasteiger partial charge on any atom is 0.410 e. The number of aromatic nitrogens is 2. The summed E-state index contributed by atoms with van der Waals surface area (Å²) in [5.74, 6) is 5.31. The van der Waals surface area contributed by atoms with Crippen molar-refractivity contribution in [2.75, 3.05) is 19.7 Å². The lowest BCUT2D eigenvalue weighted by Crippen LogP contribution is -2.47. The van der Waals surface area contributed by atoms with Crippen molar-refractivity contribution in [3.8, 4) is 11.8 Å². The van der Waals surface area contributed by atoms with E-state index in [2.05, 4.69) is 17.2 Å². The third kappa shape index (κ3) is 4.84. The van der Waals surface area contributed by atoms with Crippen molar-refractivity contribution in [1.29, 1.82) is 0 Å². The number of imidazole rings is 1. The van der Waals surface area contributed by atoms with Gasteiger partial charge < -0.3 is 14.4 Å². The van der Waals surface area contributed by atoms with Crippen LogP contribution in [0.2, 0.25) is 0 Å². The van der Waals surface area contributed by atoms with Crippen molar-refractivity contribution in [2.45, 2.75) is 51.4 Å². The maximum absolute atomic E-state index is 12.9. The summed E-state index contributed by atoms with van der Waals surface area (Å²) in [7, 11) is 1.63. The molecule has 10 heteroatoms. The molecule has 1 unspecified atom stereocenters. The first-order chi connectivity index (χ1) is 16.0. The largest absolute Gasteiger partial charge is 0.444 e. The third-order valence-electron chi connectivity index (χ3n) is 5.71. The highest BCUT2D eigenvalue weighted by atomic mass is 16.6. The summed E-state index contributed by atoms with van der Waals surface area (Å²) in [4.78, 5) is 50.6. The molecule has 2 atom stereocenters. The Labute approximate surface area is 196 Å². The van der Waals surface area contributed by atoms with Crippen molar-refractivity contribution in [3.63, 3.8) is 0 Å². The van der Waals surface area contributed by atoms with E-state index in [0.717, 1.165) is 0 Å². The topological polar surface area (TPSA) is 112 Å². The molecule has 0 radical (unpaired) electrons. The number of rotatable bonds is 1. The molecule has 1 aromatic carbocycles. The number of piperidine rings is 1. The first-order valence-corrected chi connectivity index (χ1v) is 11.2. The summed E-state index contributed by atoms with van der Waals surface area (Å²) in [6.07, 6.45) is -0.397. The number of nitrogens with one attached hydrogen (secondary N) is 1. The fraction of sp³-hybridized carbons (Fsp3) is 0.500. The van der Waals surface area contributed by atoms with Crippen molar-refractivity contribution < 1.29 is 23.9 Å². The second-order valence-electron chi connectivity index (χ2n) is 9.44. The van der Waals surface area contributed by atoms with Gasteiger partial charge in [0, 0.05) is 25.6 Å². The molecule has 2 aliphatic heterocycles. The number of aryl methyl sites for hydroxylation is 1. The quantitative estimate of drug-likeness (QED) is 0.499. The van der Waals surface area contributed by atoms with Crippen LogP contribution in [-0.2, 0) is 26.1 Å². The molecule has 0 aliphatic carbocycles. The van der Waals surface area contributed by atoms with Gasteiger partial charge in [-0.05, 0) is 45.4 Å². The summed E-state index contributed by atoms with van der Waals surface area (Å²) < 4.78 is 14.0. The van der Waals surface area contributed by atoms with Crippen LogP contribution in [0.25, 0.3) is 11.0 Å². The van der Waals surface area contributed by atoms with Crippen LogP contribution in [0.15, 0.2) is 23.0 Å². The van der Waals surface area contributed by atoms with Gasteiger partial charge in [0.05, 0.1) is 24.2 Å². The van der Waals surface area contributed by atoms with E-state index in [0.29, 0.717) is 36.3 Å². The fourth-order valence-corrected chi connectivity index (χ4v) is 4.06. The molecule has 2 aliphatic rings. The molecule has 10 nitrogen and oxygen atoms in total. The zero-order chi connectivity index (χ0) is 24.6. The monoisotopic (exact) mass is 468 g/mol. The molecule has 2 saturated heterocycles. The van der Waals surface area contributed by atoms with E-state index in [-0.39, 0.29) is 24.4 Å². The number of nitrogens with zero attached hydrogens (tertiary/aromatic N) is 3. The molecule has 3 amide bonds. The molecule has 1 aromatic heterocycles. The lowest BCUT2D eigenvalue weighted by atomic mass is 10.1. The Kier molecular flexibility index (Phi) is 6.23. The van der Waals surface area contributed by atoms with E-state index in [1.807, 2.05) is 20.8 Å². The number of imide groups is 1. The second kappa shape index (κ2) is 8.99. The highest BCUT2D eigenvalue weighted by molar-refractivity contribution is 6.00. The van der Waals surface area contributed by atoms with Crippen LogP contribution in [0.3, 0.4) is 0 Å². The van der Waals surface area contributed by atoms with E-state index in [4.69, 9.17) is 9.47 Å². The molecule has 180 valence electrons. The van der Waals surface area contributed by atoms with Crippen molar-refractivity contribution in [2.24, 2.45) is 7.05 Å². The van der Waals surface area contributed by atoms with Crippen LogP contribution in [0.4, 0.5) is 4.79 Å². The fourth-order valence-electron chi connectivity index (χ4n) is 4.06.